The molecule has 0 N–H and O–H groups in total. The summed E-state index contributed by atoms with van der Waals surface area (Å²) >= 11 is 0. The van der Waals surface area contributed by atoms with Crippen molar-refractivity contribution in [1.29, 1.82) is 0 Å². The first-order valence-corrected chi connectivity index (χ1v) is 6.26. The molecule has 1 aromatic heterocycles. The van der Waals surface area contributed by atoms with Gasteiger partial charge in [-0.15, -0.1) is 5.10 Å². The van der Waals surface area contributed by atoms with Crippen molar-refractivity contribution in [3.8, 4) is 0 Å². The van der Waals surface area contributed by atoms with Crippen LogP contribution in [0.5, 0.6) is 0 Å². The van der Waals surface area contributed by atoms with Crippen molar-refractivity contribution >= 4 is 5.78 Å². The van der Waals surface area contributed by atoms with E-state index in [9.17, 15) is 4.79 Å². The Hall–Kier alpha value is -1.97. The normalized spacial score (nSPS) is 18.4. The van der Waals surface area contributed by atoms with Gasteiger partial charge in [0.15, 0.2) is 5.78 Å². The molecule has 2 heterocycles. The molecule has 0 fully saturated rings. The molecule has 18 heavy (non-hydrogen) atoms. The number of rotatable bonds is 2. The molecule has 0 amide bonds. The minimum atomic E-state index is -0.0660. The Bertz CT molecular complexity index is 574. The Morgan fingerprint density at radius 2 is 2.11 bits per heavy atom. The number of hydrogen-bond acceptors (Lipinski definition) is 3. The number of fused-ring (bicyclic) bond motifs is 1. The van der Waals surface area contributed by atoms with E-state index in [2.05, 4.69) is 22.2 Å². The van der Waals surface area contributed by atoms with Gasteiger partial charge in [-0.3, -0.25) is 4.79 Å². The zero-order chi connectivity index (χ0) is 12.5. The average Bonchev–Trinajstić information content (AvgIpc) is 2.83. The minimum absolute atomic E-state index is 0.0660. The molecule has 3 rings (SSSR count). The summed E-state index contributed by atoms with van der Waals surface area (Å²) in [4.78, 5) is 15.8. The molecule has 0 saturated heterocycles. The summed E-state index contributed by atoms with van der Waals surface area (Å²) in [6.45, 7) is 2.37. The number of aryl methyl sites for hydroxylation is 1. The van der Waals surface area contributed by atoms with Crippen molar-refractivity contribution in [3.05, 3.63) is 47.5 Å². The van der Waals surface area contributed by atoms with E-state index in [0.29, 0.717) is 5.82 Å². The molecule has 0 spiro atoms. The maximum absolute atomic E-state index is 11.4. The maximum Gasteiger partial charge on any atom is 0.217 e. The second-order valence-corrected chi connectivity index (χ2v) is 4.68. The standard InChI is InChI=1S/C14H15N3O/c1-10(18)13-15-14-12(8-5-9-17(14)16-13)11-6-3-2-4-7-11/h2-4,6-7,12H,5,8-9H2,1H3. The number of aromatic nitrogens is 3. The van der Waals surface area contributed by atoms with Gasteiger partial charge < -0.3 is 0 Å². The highest BCUT2D eigenvalue weighted by Crippen LogP contribution is 2.31. The summed E-state index contributed by atoms with van der Waals surface area (Å²) in [7, 11) is 0. The van der Waals surface area contributed by atoms with Gasteiger partial charge in [0.1, 0.15) is 5.82 Å². The Morgan fingerprint density at radius 3 is 2.83 bits per heavy atom. The molecule has 4 nitrogen and oxygen atoms in total. The van der Waals surface area contributed by atoms with Crippen LogP contribution in [-0.4, -0.2) is 20.5 Å². The van der Waals surface area contributed by atoms with Crippen LogP contribution in [0.3, 0.4) is 0 Å². The number of ketones is 1. The molecule has 1 aliphatic heterocycles. The first-order valence-electron chi connectivity index (χ1n) is 6.26. The van der Waals surface area contributed by atoms with E-state index in [0.717, 1.165) is 25.2 Å². The predicted molar refractivity (Wildman–Crippen MR) is 67.5 cm³/mol. The largest absolute Gasteiger partial charge is 0.291 e. The summed E-state index contributed by atoms with van der Waals surface area (Å²) in [5, 5.41) is 4.28. The molecule has 1 unspecified atom stereocenters. The molecule has 0 saturated carbocycles. The lowest BCUT2D eigenvalue weighted by Gasteiger charge is -2.22. The van der Waals surface area contributed by atoms with Gasteiger partial charge in [0, 0.05) is 19.4 Å². The Balaban J connectivity index is 2.04. The van der Waals surface area contributed by atoms with Crippen LogP contribution in [0.15, 0.2) is 30.3 Å². The van der Waals surface area contributed by atoms with Crippen molar-refractivity contribution in [2.45, 2.75) is 32.2 Å². The minimum Gasteiger partial charge on any atom is -0.291 e. The number of hydrogen-bond donors (Lipinski definition) is 0. The fourth-order valence-electron chi connectivity index (χ4n) is 2.50. The summed E-state index contributed by atoms with van der Waals surface area (Å²) in [6.07, 6.45) is 2.15. The third-order valence-electron chi connectivity index (χ3n) is 3.39. The van der Waals surface area contributed by atoms with Crippen LogP contribution in [0.25, 0.3) is 0 Å². The van der Waals surface area contributed by atoms with Gasteiger partial charge in [-0.2, -0.15) is 0 Å². The maximum atomic E-state index is 11.4. The van der Waals surface area contributed by atoms with Crippen LogP contribution in [0, 0.1) is 0 Å². The zero-order valence-corrected chi connectivity index (χ0v) is 10.3. The van der Waals surface area contributed by atoms with E-state index >= 15 is 0 Å². The fraction of sp³-hybridized carbons (Fsp3) is 0.357. The third kappa shape index (κ3) is 1.83. The van der Waals surface area contributed by atoms with Crippen molar-refractivity contribution in [2.24, 2.45) is 0 Å². The van der Waals surface area contributed by atoms with Crippen LogP contribution in [0.4, 0.5) is 0 Å². The SMILES string of the molecule is CC(=O)c1nc2n(n1)CCCC2c1ccccc1. The summed E-state index contributed by atoms with van der Waals surface area (Å²) in [5.41, 5.74) is 1.25. The molecule has 1 aromatic carbocycles. The Kier molecular flexibility index (Phi) is 2.70. The Labute approximate surface area is 106 Å². The van der Waals surface area contributed by atoms with Crippen molar-refractivity contribution in [3.63, 3.8) is 0 Å². The molecular formula is C14H15N3O. The van der Waals surface area contributed by atoms with Gasteiger partial charge >= 0.3 is 0 Å². The number of carbonyl (C=O) groups excluding carboxylic acids is 1. The molecule has 92 valence electrons. The van der Waals surface area contributed by atoms with Gasteiger partial charge in [-0.25, -0.2) is 9.67 Å². The Morgan fingerprint density at radius 1 is 1.33 bits per heavy atom. The molecule has 0 aliphatic carbocycles. The van der Waals surface area contributed by atoms with Gasteiger partial charge in [0.2, 0.25) is 5.82 Å². The number of carbonyl (C=O) groups is 1. The van der Waals surface area contributed by atoms with Crippen LogP contribution >= 0.6 is 0 Å². The monoisotopic (exact) mass is 241 g/mol. The molecule has 1 atom stereocenters. The highest BCUT2D eigenvalue weighted by molar-refractivity contribution is 5.90. The summed E-state index contributed by atoms with van der Waals surface area (Å²) < 4.78 is 1.89. The smallest absolute Gasteiger partial charge is 0.217 e. The van der Waals surface area contributed by atoms with Crippen LogP contribution in [0.1, 0.15) is 47.7 Å². The topological polar surface area (TPSA) is 47.8 Å². The van der Waals surface area contributed by atoms with E-state index in [1.54, 1.807) is 0 Å². The van der Waals surface area contributed by atoms with Crippen molar-refractivity contribution in [1.82, 2.24) is 14.8 Å². The lowest BCUT2D eigenvalue weighted by molar-refractivity contribution is 0.100. The quantitative estimate of drug-likeness (QED) is 0.758. The van der Waals surface area contributed by atoms with E-state index in [1.165, 1.54) is 12.5 Å². The van der Waals surface area contributed by atoms with Gasteiger partial charge in [0.25, 0.3) is 0 Å². The van der Waals surface area contributed by atoms with Crippen molar-refractivity contribution < 1.29 is 4.79 Å². The first kappa shape index (κ1) is 11.1. The average molecular weight is 241 g/mol. The number of benzene rings is 1. The van der Waals surface area contributed by atoms with Gasteiger partial charge in [-0.1, -0.05) is 30.3 Å². The number of Topliss-reactive ketones (excluding diaryl/α,β-unsaturated/α-hetero) is 1. The van der Waals surface area contributed by atoms with Gasteiger partial charge in [0.05, 0.1) is 0 Å². The highest BCUT2D eigenvalue weighted by atomic mass is 16.1. The molecule has 1 aliphatic rings. The number of nitrogens with zero attached hydrogens (tertiary/aromatic N) is 3. The van der Waals surface area contributed by atoms with Gasteiger partial charge in [-0.05, 0) is 18.4 Å². The summed E-state index contributed by atoms with van der Waals surface area (Å²) in [6, 6.07) is 10.3. The molecule has 4 heteroatoms. The second-order valence-electron chi connectivity index (χ2n) is 4.68. The van der Waals surface area contributed by atoms with E-state index in [1.807, 2.05) is 22.9 Å². The lowest BCUT2D eigenvalue weighted by Crippen LogP contribution is -2.17. The van der Waals surface area contributed by atoms with E-state index < -0.39 is 0 Å². The first-order chi connectivity index (χ1) is 8.75. The molecule has 0 radical (unpaired) electrons. The second kappa shape index (κ2) is 4.37. The zero-order valence-electron chi connectivity index (χ0n) is 10.3. The van der Waals surface area contributed by atoms with E-state index in [-0.39, 0.29) is 11.7 Å². The van der Waals surface area contributed by atoms with Crippen LogP contribution in [-0.2, 0) is 6.54 Å². The predicted octanol–water partition coefficient (Wildman–Crippen LogP) is 2.41. The van der Waals surface area contributed by atoms with E-state index in [4.69, 9.17) is 0 Å². The molecule has 0 bridgehead atoms. The van der Waals surface area contributed by atoms with Crippen LogP contribution in [0.2, 0.25) is 0 Å². The molecule has 2 aromatic rings. The highest BCUT2D eigenvalue weighted by Gasteiger charge is 2.26. The third-order valence-corrected chi connectivity index (χ3v) is 3.39. The molecular weight excluding hydrogens is 226 g/mol. The van der Waals surface area contributed by atoms with Crippen LogP contribution < -0.4 is 0 Å². The fourth-order valence-corrected chi connectivity index (χ4v) is 2.50. The van der Waals surface area contributed by atoms with Crippen molar-refractivity contribution in [2.75, 3.05) is 0 Å². The summed E-state index contributed by atoms with van der Waals surface area (Å²) in [5.74, 6) is 1.47. The lowest BCUT2D eigenvalue weighted by atomic mass is 9.91.